The molecule has 0 radical (unpaired) electrons. The van der Waals surface area contributed by atoms with Crippen LogP contribution in [0.4, 0.5) is 10.1 Å². The Morgan fingerprint density at radius 2 is 1.94 bits per heavy atom. The maximum atomic E-state index is 13.5. The van der Waals surface area contributed by atoms with Gasteiger partial charge in [0.05, 0.1) is 35.4 Å². The first-order valence-corrected chi connectivity index (χ1v) is 10.8. The summed E-state index contributed by atoms with van der Waals surface area (Å²) in [7, 11) is 0. The topological polar surface area (TPSA) is 63.1 Å². The third kappa shape index (κ3) is 4.24. The zero-order chi connectivity index (χ0) is 21.9. The Morgan fingerprint density at radius 3 is 2.75 bits per heavy atom. The monoisotopic (exact) mass is 429 g/mol. The lowest BCUT2D eigenvalue weighted by molar-refractivity contribution is -0.121. The molecule has 1 aliphatic heterocycles. The smallest absolute Gasteiger partial charge is 0.228 e. The van der Waals surface area contributed by atoms with Crippen LogP contribution < -0.4 is 5.32 Å². The van der Waals surface area contributed by atoms with Crippen molar-refractivity contribution in [2.45, 2.75) is 19.4 Å². The van der Waals surface area contributed by atoms with Crippen molar-refractivity contribution in [2.24, 2.45) is 5.92 Å². The number of rotatable bonds is 5. The third-order valence-electron chi connectivity index (χ3n) is 5.89. The number of para-hydroxylation sites is 2. The number of imidazole rings is 1. The van der Waals surface area contributed by atoms with Gasteiger partial charge in [-0.3, -0.25) is 19.2 Å². The van der Waals surface area contributed by atoms with Crippen LogP contribution in [0.5, 0.6) is 0 Å². The van der Waals surface area contributed by atoms with Gasteiger partial charge in [0.2, 0.25) is 5.91 Å². The standard InChI is InChI=1S/C25H24FN5O/c26-19-9-11-21(12-10-19)31-23-8-2-1-7-22(23)29-24(31)17-30-14-4-5-18(16-30)25(32)28-20-6-3-13-27-15-20/h1-3,6-13,15,18H,4-5,14,16-17H2,(H,28,32)/t18-/m0/s1. The van der Waals surface area contributed by atoms with E-state index in [4.69, 9.17) is 4.98 Å². The Kier molecular flexibility index (Phi) is 5.64. The summed E-state index contributed by atoms with van der Waals surface area (Å²) in [4.78, 5) is 24.0. The van der Waals surface area contributed by atoms with Gasteiger partial charge in [-0.1, -0.05) is 12.1 Å². The van der Waals surface area contributed by atoms with Crippen LogP contribution in [0.15, 0.2) is 73.1 Å². The third-order valence-corrected chi connectivity index (χ3v) is 5.89. The van der Waals surface area contributed by atoms with E-state index in [0.29, 0.717) is 18.8 Å². The average Bonchev–Trinajstić information content (AvgIpc) is 3.18. The lowest BCUT2D eigenvalue weighted by Crippen LogP contribution is -2.40. The van der Waals surface area contributed by atoms with Crippen molar-refractivity contribution in [1.29, 1.82) is 0 Å². The number of carbonyl (C=O) groups excluding carboxylic acids is 1. The predicted molar refractivity (Wildman–Crippen MR) is 122 cm³/mol. The van der Waals surface area contributed by atoms with Crippen LogP contribution in [-0.2, 0) is 11.3 Å². The summed E-state index contributed by atoms with van der Waals surface area (Å²) in [6, 6.07) is 18.1. The van der Waals surface area contributed by atoms with Crippen LogP contribution in [0.1, 0.15) is 18.7 Å². The van der Waals surface area contributed by atoms with E-state index in [1.165, 1.54) is 12.1 Å². The van der Waals surface area contributed by atoms with Gasteiger partial charge < -0.3 is 5.32 Å². The highest BCUT2D eigenvalue weighted by molar-refractivity contribution is 5.92. The summed E-state index contributed by atoms with van der Waals surface area (Å²) in [5.74, 6) is 0.548. The molecule has 4 aromatic rings. The van der Waals surface area contributed by atoms with Gasteiger partial charge in [-0.05, 0) is 67.9 Å². The molecule has 2 aromatic carbocycles. The fourth-order valence-electron chi connectivity index (χ4n) is 4.35. The number of halogens is 1. The first kappa shape index (κ1) is 20.3. The molecule has 0 bridgehead atoms. The van der Waals surface area contributed by atoms with E-state index >= 15 is 0 Å². The van der Waals surface area contributed by atoms with E-state index in [1.807, 2.05) is 36.4 Å². The van der Waals surface area contributed by atoms with E-state index < -0.39 is 0 Å². The maximum Gasteiger partial charge on any atom is 0.228 e. The number of aromatic nitrogens is 3. The number of nitrogens with zero attached hydrogens (tertiary/aromatic N) is 4. The fraction of sp³-hybridized carbons (Fsp3) is 0.240. The number of fused-ring (bicyclic) bond motifs is 1. The molecular formula is C25H24FN5O. The van der Waals surface area contributed by atoms with Gasteiger partial charge in [0.15, 0.2) is 0 Å². The Balaban J connectivity index is 1.37. The summed E-state index contributed by atoms with van der Waals surface area (Å²) < 4.78 is 15.6. The molecular weight excluding hydrogens is 405 g/mol. The number of amides is 1. The molecule has 1 aliphatic rings. The minimum absolute atomic E-state index is 0.0229. The van der Waals surface area contributed by atoms with E-state index in [2.05, 4.69) is 19.8 Å². The van der Waals surface area contributed by atoms with Crippen molar-refractivity contribution < 1.29 is 9.18 Å². The molecule has 162 valence electrons. The molecule has 1 fully saturated rings. The van der Waals surface area contributed by atoms with Crippen LogP contribution in [-0.4, -0.2) is 38.4 Å². The number of hydrogen-bond acceptors (Lipinski definition) is 4. The van der Waals surface area contributed by atoms with Gasteiger partial charge >= 0.3 is 0 Å². The molecule has 0 unspecified atom stereocenters. The zero-order valence-corrected chi connectivity index (χ0v) is 17.6. The minimum Gasteiger partial charge on any atom is -0.324 e. The first-order chi connectivity index (χ1) is 15.7. The number of anilines is 1. The van der Waals surface area contributed by atoms with Crippen LogP contribution in [0.25, 0.3) is 16.7 Å². The first-order valence-electron chi connectivity index (χ1n) is 10.8. The van der Waals surface area contributed by atoms with Gasteiger partial charge in [-0.2, -0.15) is 0 Å². The predicted octanol–water partition coefficient (Wildman–Crippen LogP) is 4.41. The van der Waals surface area contributed by atoms with Crippen molar-refractivity contribution in [3.05, 3.63) is 84.7 Å². The highest BCUT2D eigenvalue weighted by Crippen LogP contribution is 2.25. The molecule has 1 amide bonds. The Bertz CT molecular complexity index is 1220. The summed E-state index contributed by atoms with van der Waals surface area (Å²) in [5.41, 5.74) is 3.47. The van der Waals surface area contributed by atoms with Crippen molar-refractivity contribution in [1.82, 2.24) is 19.4 Å². The van der Waals surface area contributed by atoms with Crippen molar-refractivity contribution in [2.75, 3.05) is 18.4 Å². The molecule has 0 spiro atoms. The highest BCUT2D eigenvalue weighted by Gasteiger charge is 2.27. The molecule has 1 saturated heterocycles. The van der Waals surface area contributed by atoms with E-state index in [-0.39, 0.29) is 17.6 Å². The van der Waals surface area contributed by atoms with E-state index in [9.17, 15) is 9.18 Å². The molecule has 1 N–H and O–H groups in total. The number of pyridine rings is 1. The summed E-state index contributed by atoms with van der Waals surface area (Å²) in [6.45, 7) is 2.19. The molecule has 0 aliphatic carbocycles. The van der Waals surface area contributed by atoms with Crippen molar-refractivity contribution >= 4 is 22.6 Å². The Morgan fingerprint density at radius 1 is 1.09 bits per heavy atom. The lowest BCUT2D eigenvalue weighted by atomic mass is 9.97. The SMILES string of the molecule is O=C(Nc1cccnc1)[C@H]1CCCN(Cc2nc3ccccc3n2-c2ccc(F)cc2)C1. The van der Waals surface area contributed by atoms with E-state index in [1.54, 1.807) is 24.5 Å². The summed E-state index contributed by atoms with van der Waals surface area (Å²) in [5, 5.41) is 2.98. The molecule has 2 aromatic heterocycles. The molecule has 3 heterocycles. The summed E-state index contributed by atoms with van der Waals surface area (Å²) >= 11 is 0. The van der Waals surface area contributed by atoms with Gasteiger partial charge in [0, 0.05) is 18.4 Å². The van der Waals surface area contributed by atoms with Crippen molar-refractivity contribution in [3.8, 4) is 5.69 Å². The molecule has 5 rings (SSSR count). The minimum atomic E-state index is -0.266. The average molecular weight is 429 g/mol. The Hall–Kier alpha value is -3.58. The van der Waals surface area contributed by atoms with Crippen LogP contribution in [0.2, 0.25) is 0 Å². The second-order valence-electron chi connectivity index (χ2n) is 8.13. The number of carbonyl (C=O) groups is 1. The zero-order valence-electron chi connectivity index (χ0n) is 17.6. The largest absolute Gasteiger partial charge is 0.324 e. The van der Waals surface area contributed by atoms with Crippen LogP contribution in [0, 0.1) is 11.7 Å². The van der Waals surface area contributed by atoms with Gasteiger partial charge in [0.1, 0.15) is 11.6 Å². The normalized spacial score (nSPS) is 16.8. The fourth-order valence-corrected chi connectivity index (χ4v) is 4.35. The van der Waals surface area contributed by atoms with Gasteiger partial charge in [-0.15, -0.1) is 0 Å². The van der Waals surface area contributed by atoms with Crippen LogP contribution in [0.3, 0.4) is 0 Å². The quantitative estimate of drug-likeness (QED) is 0.510. The summed E-state index contributed by atoms with van der Waals surface area (Å²) in [6.07, 6.45) is 5.15. The molecule has 7 heteroatoms. The molecule has 0 saturated carbocycles. The number of piperidine rings is 1. The molecule has 6 nitrogen and oxygen atoms in total. The number of nitrogens with one attached hydrogen (secondary N) is 1. The molecule has 32 heavy (non-hydrogen) atoms. The Labute approximate surface area is 185 Å². The lowest BCUT2D eigenvalue weighted by Gasteiger charge is -2.31. The number of likely N-dealkylation sites (tertiary alicyclic amines) is 1. The second kappa shape index (κ2) is 8.88. The number of hydrogen-bond donors (Lipinski definition) is 1. The van der Waals surface area contributed by atoms with Crippen LogP contribution >= 0.6 is 0 Å². The van der Waals surface area contributed by atoms with E-state index in [0.717, 1.165) is 41.9 Å². The highest BCUT2D eigenvalue weighted by atomic mass is 19.1. The maximum absolute atomic E-state index is 13.5. The van der Waals surface area contributed by atoms with Gasteiger partial charge in [0.25, 0.3) is 0 Å². The number of benzene rings is 2. The molecule has 1 atom stereocenters. The van der Waals surface area contributed by atoms with Crippen molar-refractivity contribution in [3.63, 3.8) is 0 Å². The second-order valence-corrected chi connectivity index (χ2v) is 8.13. The van der Waals surface area contributed by atoms with Gasteiger partial charge in [-0.25, -0.2) is 9.37 Å².